The van der Waals surface area contributed by atoms with Gasteiger partial charge in [-0.1, -0.05) is 12.1 Å². The summed E-state index contributed by atoms with van der Waals surface area (Å²) in [4.78, 5) is 18.2. The van der Waals surface area contributed by atoms with E-state index in [9.17, 15) is 4.79 Å². The van der Waals surface area contributed by atoms with Crippen LogP contribution in [-0.4, -0.2) is 66.5 Å². The number of imidazole rings is 1. The Bertz CT molecular complexity index is 917. The molecule has 3 aromatic rings. The molecule has 0 bridgehead atoms. The summed E-state index contributed by atoms with van der Waals surface area (Å²) in [5, 5.41) is 0. The number of rotatable bonds is 7. The summed E-state index contributed by atoms with van der Waals surface area (Å²) in [6.07, 6.45) is 1.82. The van der Waals surface area contributed by atoms with Gasteiger partial charge >= 0.3 is 0 Å². The van der Waals surface area contributed by atoms with E-state index >= 15 is 0 Å². The third-order valence-corrected chi connectivity index (χ3v) is 4.65. The van der Waals surface area contributed by atoms with Gasteiger partial charge in [0.05, 0.1) is 30.9 Å². The molecule has 7 heteroatoms. The Kier molecular flexibility index (Phi) is 5.84. The van der Waals surface area contributed by atoms with Crippen molar-refractivity contribution >= 4 is 16.9 Å². The molecule has 0 unspecified atom stereocenters. The van der Waals surface area contributed by atoms with E-state index in [0.717, 1.165) is 22.5 Å². The largest absolute Gasteiger partial charge is 0.491 e. The van der Waals surface area contributed by atoms with Crippen molar-refractivity contribution < 1.29 is 19.0 Å². The zero-order valence-corrected chi connectivity index (χ0v) is 15.6. The number of morpholine rings is 1. The summed E-state index contributed by atoms with van der Waals surface area (Å²) in [5.74, 6) is 0.761. The van der Waals surface area contributed by atoms with Crippen molar-refractivity contribution in [3.8, 4) is 11.4 Å². The average Bonchev–Trinajstić information content (AvgIpc) is 3.19. The molecule has 1 aliphatic heterocycles. The number of nitrogens with zero attached hydrogens (tertiary/aromatic N) is 3. The first-order valence-corrected chi connectivity index (χ1v) is 9.40. The maximum absolute atomic E-state index is 12.0. The monoisotopic (exact) mass is 381 g/mol. The van der Waals surface area contributed by atoms with E-state index in [1.54, 1.807) is 4.90 Å². The van der Waals surface area contributed by atoms with E-state index in [0.29, 0.717) is 39.5 Å². The molecule has 1 fully saturated rings. The fourth-order valence-corrected chi connectivity index (χ4v) is 3.15. The molecule has 0 aliphatic carbocycles. The molecule has 1 saturated heterocycles. The summed E-state index contributed by atoms with van der Waals surface area (Å²) in [6.45, 7) is 3.30. The van der Waals surface area contributed by atoms with Crippen LogP contribution in [0, 0.1) is 0 Å². The highest BCUT2D eigenvalue weighted by Gasteiger charge is 2.16. The van der Waals surface area contributed by atoms with Crippen LogP contribution in [0.5, 0.6) is 5.75 Å². The zero-order chi connectivity index (χ0) is 19.2. The Morgan fingerprint density at radius 2 is 1.82 bits per heavy atom. The SMILES string of the molecule is O=C(COCCOc1ccc(-n2cnc3ccccc32)cc1)N1CCOCC1. The summed E-state index contributed by atoms with van der Waals surface area (Å²) < 4.78 is 18.4. The van der Waals surface area contributed by atoms with Crippen LogP contribution in [-0.2, 0) is 14.3 Å². The van der Waals surface area contributed by atoms with Gasteiger partial charge in [0.25, 0.3) is 0 Å². The fraction of sp³-hybridized carbons (Fsp3) is 0.333. The molecule has 146 valence electrons. The van der Waals surface area contributed by atoms with Gasteiger partial charge in [-0.3, -0.25) is 9.36 Å². The molecule has 1 aromatic heterocycles. The molecule has 0 saturated carbocycles. The van der Waals surface area contributed by atoms with Gasteiger partial charge in [-0.25, -0.2) is 4.98 Å². The number of carbonyl (C=O) groups excluding carboxylic acids is 1. The third kappa shape index (κ3) is 4.32. The predicted molar refractivity (Wildman–Crippen MR) is 105 cm³/mol. The first kappa shape index (κ1) is 18.5. The normalized spacial score (nSPS) is 14.4. The van der Waals surface area contributed by atoms with Crippen molar-refractivity contribution in [1.82, 2.24) is 14.5 Å². The minimum absolute atomic E-state index is 0.000196. The lowest BCUT2D eigenvalue weighted by atomic mass is 10.2. The zero-order valence-electron chi connectivity index (χ0n) is 15.6. The number of hydrogen-bond acceptors (Lipinski definition) is 5. The van der Waals surface area contributed by atoms with Crippen LogP contribution in [0.25, 0.3) is 16.7 Å². The number of carbonyl (C=O) groups is 1. The van der Waals surface area contributed by atoms with E-state index in [4.69, 9.17) is 14.2 Å². The van der Waals surface area contributed by atoms with Crippen LogP contribution in [0.2, 0.25) is 0 Å². The van der Waals surface area contributed by atoms with Crippen molar-refractivity contribution in [2.24, 2.45) is 0 Å². The summed E-state index contributed by atoms with van der Waals surface area (Å²) >= 11 is 0. The smallest absolute Gasteiger partial charge is 0.248 e. The van der Waals surface area contributed by atoms with E-state index in [1.165, 1.54) is 0 Å². The molecule has 0 N–H and O–H groups in total. The van der Waals surface area contributed by atoms with Crippen LogP contribution < -0.4 is 4.74 Å². The van der Waals surface area contributed by atoms with Crippen molar-refractivity contribution in [2.75, 3.05) is 46.1 Å². The molecule has 1 amide bonds. The van der Waals surface area contributed by atoms with Crippen LogP contribution in [0.15, 0.2) is 54.9 Å². The van der Waals surface area contributed by atoms with Crippen LogP contribution in [0.1, 0.15) is 0 Å². The number of para-hydroxylation sites is 2. The lowest BCUT2D eigenvalue weighted by Gasteiger charge is -2.26. The van der Waals surface area contributed by atoms with Gasteiger partial charge in [-0.2, -0.15) is 0 Å². The van der Waals surface area contributed by atoms with Gasteiger partial charge in [-0.15, -0.1) is 0 Å². The molecule has 28 heavy (non-hydrogen) atoms. The topological polar surface area (TPSA) is 65.8 Å². The second-order valence-electron chi connectivity index (χ2n) is 6.49. The average molecular weight is 381 g/mol. The van der Waals surface area contributed by atoms with Gasteiger partial charge < -0.3 is 19.1 Å². The first-order valence-electron chi connectivity index (χ1n) is 9.40. The Balaban J connectivity index is 1.23. The first-order chi connectivity index (χ1) is 13.8. The van der Waals surface area contributed by atoms with Crippen molar-refractivity contribution in [3.05, 3.63) is 54.9 Å². The van der Waals surface area contributed by atoms with Gasteiger partial charge in [0.15, 0.2) is 0 Å². The molecule has 4 rings (SSSR count). The maximum Gasteiger partial charge on any atom is 0.248 e. The summed E-state index contributed by atoms with van der Waals surface area (Å²) in [6, 6.07) is 15.8. The second-order valence-corrected chi connectivity index (χ2v) is 6.49. The standard InChI is InChI=1S/C21H23N3O4/c25-21(23-9-11-26-12-10-23)15-27-13-14-28-18-7-5-17(6-8-18)24-16-22-19-3-1-2-4-20(19)24/h1-8,16H,9-15H2. The van der Waals surface area contributed by atoms with E-state index in [1.807, 2.05) is 59.4 Å². The molecular weight excluding hydrogens is 358 g/mol. The summed E-state index contributed by atoms with van der Waals surface area (Å²) in [7, 11) is 0. The van der Waals surface area contributed by atoms with E-state index in [-0.39, 0.29) is 12.5 Å². The number of amides is 1. The second kappa shape index (κ2) is 8.86. The molecule has 7 nitrogen and oxygen atoms in total. The molecule has 2 aromatic carbocycles. The van der Waals surface area contributed by atoms with Gasteiger partial charge in [-0.05, 0) is 36.4 Å². The highest BCUT2D eigenvalue weighted by molar-refractivity contribution is 5.77. The van der Waals surface area contributed by atoms with Crippen LogP contribution >= 0.6 is 0 Å². The maximum atomic E-state index is 12.0. The number of fused-ring (bicyclic) bond motifs is 1. The highest BCUT2D eigenvalue weighted by atomic mass is 16.5. The predicted octanol–water partition coefficient (Wildman–Crippen LogP) is 2.28. The minimum atomic E-state index is 0.000196. The summed E-state index contributed by atoms with van der Waals surface area (Å²) in [5.41, 5.74) is 3.05. The third-order valence-electron chi connectivity index (χ3n) is 4.65. The van der Waals surface area contributed by atoms with Gasteiger partial charge in [0.1, 0.15) is 25.3 Å². The lowest BCUT2D eigenvalue weighted by molar-refractivity contribution is -0.140. The molecular formula is C21H23N3O4. The number of ether oxygens (including phenoxy) is 3. The van der Waals surface area contributed by atoms with Crippen molar-refractivity contribution in [1.29, 1.82) is 0 Å². The fourth-order valence-electron chi connectivity index (χ4n) is 3.15. The van der Waals surface area contributed by atoms with Crippen molar-refractivity contribution in [3.63, 3.8) is 0 Å². The number of aromatic nitrogens is 2. The van der Waals surface area contributed by atoms with Crippen LogP contribution in [0.4, 0.5) is 0 Å². The Hall–Kier alpha value is -2.90. The van der Waals surface area contributed by atoms with Crippen LogP contribution in [0.3, 0.4) is 0 Å². The number of hydrogen-bond donors (Lipinski definition) is 0. The minimum Gasteiger partial charge on any atom is -0.491 e. The molecule has 0 atom stereocenters. The van der Waals surface area contributed by atoms with Gasteiger partial charge in [0.2, 0.25) is 5.91 Å². The van der Waals surface area contributed by atoms with Gasteiger partial charge in [0, 0.05) is 18.8 Å². The Morgan fingerprint density at radius 1 is 1.04 bits per heavy atom. The quantitative estimate of drug-likeness (QED) is 0.588. The molecule has 2 heterocycles. The lowest BCUT2D eigenvalue weighted by Crippen LogP contribution is -2.42. The Labute approximate surface area is 163 Å². The van der Waals surface area contributed by atoms with Crippen molar-refractivity contribution in [2.45, 2.75) is 0 Å². The highest BCUT2D eigenvalue weighted by Crippen LogP contribution is 2.20. The number of benzene rings is 2. The molecule has 1 aliphatic rings. The Morgan fingerprint density at radius 3 is 2.64 bits per heavy atom. The van der Waals surface area contributed by atoms with E-state index in [2.05, 4.69) is 4.98 Å². The molecule has 0 radical (unpaired) electrons. The van der Waals surface area contributed by atoms with E-state index < -0.39 is 0 Å². The molecule has 0 spiro atoms.